The highest BCUT2D eigenvalue weighted by Crippen LogP contribution is 2.31. The van der Waals surface area contributed by atoms with Crippen molar-refractivity contribution in [3.63, 3.8) is 0 Å². The third-order valence-corrected chi connectivity index (χ3v) is 5.84. The number of likely N-dealkylation sites (N-methyl/N-ethyl adjacent to an activating group) is 1. The molecule has 2 rings (SSSR count). The van der Waals surface area contributed by atoms with Crippen molar-refractivity contribution >= 4 is 51.4 Å². The molecule has 158 valence electrons. The van der Waals surface area contributed by atoms with Crippen molar-refractivity contribution < 1.29 is 35.6 Å². The summed E-state index contributed by atoms with van der Waals surface area (Å²) in [5, 5.41) is 16.9. The summed E-state index contributed by atoms with van der Waals surface area (Å²) >= 11 is 6.48. The fourth-order valence-electron chi connectivity index (χ4n) is 2.07. The normalized spacial score (nSPS) is 11.9. The Morgan fingerprint density at radius 2 is 2.07 bits per heavy atom. The van der Waals surface area contributed by atoms with Gasteiger partial charge in [0.05, 0.1) is 43.2 Å². The number of primary sulfonamides is 1. The Balaban J connectivity index is 2.34. The molecule has 0 fully saturated rings. The summed E-state index contributed by atoms with van der Waals surface area (Å²) in [4.78, 5) is 23.8. The van der Waals surface area contributed by atoms with Gasteiger partial charge in [-0.1, -0.05) is 11.6 Å². The minimum absolute atomic E-state index is 0.170. The predicted molar refractivity (Wildman–Crippen MR) is 106 cm³/mol. The fraction of sp³-hybridized carbons (Fsp3) is 0.250. The van der Waals surface area contributed by atoms with Crippen LogP contribution in [0.1, 0.15) is 16.1 Å². The molecule has 4 N–H and O–H groups in total. The van der Waals surface area contributed by atoms with E-state index in [1.165, 1.54) is 26.4 Å². The Hall–Kier alpha value is -2.09. The first kappa shape index (κ1) is 23.2. The van der Waals surface area contributed by atoms with Gasteiger partial charge in [0.25, 0.3) is 0 Å². The van der Waals surface area contributed by atoms with Crippen LogP contribution >= 0.6 is 23.8 Å². The van der Waals surface area contributed by atoms with Crippen LogP contribution in [-0.2, 0) is 25.5 Å². The molecule has 1 heterocycles. The average molecular weight is 465 g/mol. The van der Waals surface area contributed by atoms with Crippen LogP contribution < -0.4 is 10.5 Å². The van der Waals surface area contributed by atoms with Gasteiger partial charge >= 0.3 is 24.1 Å². The Labute approximate surface area is 176 Å². The number of furan rings is 1. The molecule has 0 saturated heterocycles. The van der Waals surface area contributed by atoms with Gasteiger partial charge in [0, 0.05) is 0 Å². The van der Waals surface area contributed by atoms with E-state index in [9.17, 15) is 18.0 Å². The lowest BCUT2D eigenvalue weighted by Gasteiger charge is -2.20. The highest BCUT2D eigenvalue weighted by molar-refractivity contribution is 7.89. The van der Waals surface area contributed by atoms with Gasteiger partial charge in [0.2, 0.25) is 10.0 Å². The molecule has 13 heteroatoms. The molecule has 2 aromatic rings. The van der Waals surface area contributed by atoms with Gasteiger partial charge < -0.3 is 19.0 Å². The number of nitrogens with two attached hydrogens (primary N) is 1. The number of aliphatic hydroxyl groups is 1. The SMILES string of the molecule is C[N+](C)(SOC(=O)c1cc(S(N)(=O)=O)c(Cl)cc1NCc1ccco1)C(=O)CO. The number of sulfonamides is 1. The molecule has 0 unspecified atom stereocenters. The van der Waals surface area contributed by atoms with Gasteiger partial charge in [-0.05, 0) is 24.3 Å². The van der Waals surface area contributed by atoms with Crippen molar-refractivity contribution in [2.24, 2.45) is 5.14 Å². The molecule has 1 amide bonds. The smallest absolute Gasteiger partial charge is 0.356 e. The lowest BCUT2D eigenvalue weighted by atomic mass is 10.1. The minimum atomic E-state index is -4.21. The number of hydrogen-bond donors (Lipinski definition) is 3. The van der Waals surface area contributed by atoms with Crippen molar-refractivity contribution in [1.29, 1.82) is 0 Å². The number of halogens is 1. The quantitative estimate of drug-likeness (QED) is 0.300. The Morgan fingerprint density at radius 3 is 2.62 bits per heavy atom. The van der Waals surface area contributed by atoms with Crippen molar-refractivity contribution in [1.82, 2.24) is 0 Å². The van der Waals surface area contributed by atoms with Crippen molar-refractivity contribution in [2.75, 3.05) is 26.0 Å². The maximum Gasteiger partial charge on any atom is 0.356 e. The Kier molecular flexibility index (Phi) is 7.32. The number of amides is 1. The van der Waals surface area contributed by atoms with Crippen molar-refractivity contribution in [3.8, 4) is 0 Å². The van der Waals surface area contributed by atoms with Crippen LogP contribution in [-0.4, -0.2) is 50.0 Å². The van der Waals surface area contributed by atoms with Gasteiger partial charge in [0.1, 0.15) is 10.7 Å². The summed E-state index contributed by atoms with van der Waals surface area (Å²) in [5.74, 6) is -1.01. The molecule has 0 aliphatic rings. The second-order valence-electron chi connectivity index (χ2n) is 6.15. The van der Waals surface area contributed by atoms with E-state index < -0.39 is 37.3 Å². The molecule has 29 heavy (non-hydrogen) atoms. The van der Waals surface area contributed by atoms with Crippen LogP contribution in [0.3, 0.4) is 0 Å². The molecule has 0 bridgehead atoms. The molecule has 1 aromatic heterocycles. The summed E-state index contributed by atoms with van der Waals surface area (Å²) in [5.41, 5.74) is -0.00267. The van der Waals surface area contributed by atoms with Crippen LogP contribution in [0.25, 0.3) is 0 Å². The lowest BCUT2D eigenvalue weighted by Crippen LogP contribution is -2.41. The summed E-state index contributed by atoms with van der Waals surface area (Å²) in [7, 11) is -1.40. The molecule has 1 aromatic carbocycles. The van der Waals surface area contributed by atoms with E-state index in [0.29, 0.717) is 18.0 Å². The summed E-state index contributed by atoms with van der Waals surface area (Å²) in [6.45, 7) is -0.569. The number of rotatable bonds is 8. The zero-order chi connectivity index (χ0) is 21.8. The van der Waals surface area contributed by atoms with E-state index in [1.54, 1.807) is 12.1 Å². The van der Waals surface area contributed by atoms with Crippen molar-refractivity contribution in [3.05, 3.63) is 46.9 Å². The topological polar surface area (TPSA) is 149 Å². The van der Waals surface area contributed by atoms with E-state index in [4.69, 9.17) is 30.4 Å². The van der Waals surface area contributed by atoms with E-state index in [1.807, 2.05) is 0 Å². The van der Waals surface area contributed by atoms with Gasteiger partial charge in [-0.2, -0.15) is 3.89 Å². The average Bonchev–Trinajstić information content (AvgIpc) is 3.16. The van der Waals surface area contributed by atoms with E-state index in [2.05, 4.69) is 5.32 Å². The maximum atomic E-state index is 12.6. The summed E-state index contributed by atoms with van der Waals surface area (Å²) in [6.07, 6.45) is 1.47. The summed E-state index contributed by atoms with van der Waals surface area (Å²) in [6, 6.07) is 5.59. The van der Waals surface area contributed by atoms with Gasteiger partial charge in [0.15, 0.2) is 6.61 Å². The highest BCUT2D eigenvalue weighted by Gasteiger charge is 2.32. The number of nitrogens with zero attached hydrogens (tertiary/aromatic N) is 1. The number of aliphatic hydroxyl groups excluding tert-OH is 1. The van der Waals surface area contributed by atoms with Crippen LogP contribution in [0.5, 0.6) is 0 Å². The number of carbonyl (C=O) groups excluding carboxylic acids is 2. The van der Waals surface area contributed by atoms with Crippen LogP contribution in [0, 0.1) is 0 Å². The largest absolute Gasteiger partial charge is 0.467 e. The number of hydrogen-bond acceptors (Lipinski definition) is 9. The minimum Gasteiger partial charge on any atom is -0.467 e. The molecule has 0 spiro atoms. The summed E-state index contributed by atoms with van der Waals surface area (Å²) < 4.78 is 33.3. The molecular weight excluding hydrogens is 446 g/mol. The first-order valence-corrected chi connectivity index (χ1v) is 10.6. The number of nitrogens with one attached hydrogen (secondary N) is 1. The first-order chi connectivity index (χ1) is 13.5. The fourth-order valence-corrected chi connectivity index (χ4v) is 3.65. The molecule has 0 aliphatic carbocycles. The van der Waals surface area contributed by atoms with Gasteiger partial charge in [-0.3, -0.25) is 0 Å². The lowest BCUT2D eigenvalue weighted by molar-refractivity contribution is -0.672. The molecule has 0 radical (unpaired) electrons. The highest BCUT2D eigenvalue weighted by atomic mass is 35.5. The van der Waals surface area contributed by atoms with E-state index >= 15 is 0 Å². The number of benzene rings is 1. The van der Waals surface area contributed by atoms with Crippen LogP contribution in [0.4, 0.5) is 5.69 Å². The van der Waals surface area contributed by atoms with Gasteiger partial charge in [-0.15, -0.1) is 0 Å². The second-order valence-corrected chi connectivity index (χ2v) is 9.32. The molecule has 0 aliphatic heterocycles. The van der Waals surface area contributed by atoms with Crippen molar-refractivity contribution in [2.45, 2.75) is 11.4 Å². The standard InChI is InChI=1S/C16H18ClN3O7S2/c1-20(2,15(22)9-21)28-27-16(23)11-6-14(29(18,24)25)12(17)7-13(11)19-8-10-4-3-5-26-10/h3-7,21H,8-9H2,1-2H3,(H2-,18,19,23,24,25)/p+1. The van der Waals surface area contributed by atoms with E-state index in [0.717, 1.165) is 6.07 Å². The van der Waals surface area contributed by atoms with E-state index in [-0.39, 0.29) is 22.8 Å². The molecule has 10 nitrogen and oxygen atoms in total. The predicted octanol–water partition coefficient (Wildman–Crippen LogP) is 1.51. The van der Waals surface area contributed by atoms with Crippen LogP contribution in [0.2, 0.25) is 5.02 Å². The Bertz CT molecular complexity index is 1010. The third-order valence-electron chi connectivity index (χ3n) is 3.67. The molecule has 0 saturated carbocycles. The number of anilines is 1. The maximum absolute atomic E-state index is 12.6. The zero-order valence-electron chi connectivity index (χ0n) is 15.4. The Morgan fingerprint density at radius 1 is 1.38 bits per heavy atom. The van der Waals surface area contributed by atoms with Gasteiger partial charge in [-0.25, -0.2) is 23.1 Å². The third kappa shape index (κ3) is 5.95. The molecule has 0 atom stereocenters. The monoisotopic (exact) mass is 464 g/mol. The number of carbonyl (C=O) groups is 2. The second kappa shape index (κ2) is 9.15. The zero-order valence-corrected chi connectivity index (χ0v) is 17.8. The molecular formula is C16H19ClN3O7S2+. The van der Waals surface area contributed by atoms with Crippen LogP contribution in [0.15, 0.2) is 39.8 Å². The first-order valence-electron chi connectivity index (χ1n) is 7.97. The number of quaternary nitrogens is 1.